The molecule has 0 spiro atoms. The SMILES string of the molecule is CNc1nccc(Oc2cccc3cc(C(=O)Nc4cc(C(C)(C)C)cc(NCCN5CCOCC5)c4OC)n(C)c23)n1. The minimum atomic E-state index is -0.257. The number of carbonyl (C=O) groups excluding carboxylic acids is 1. The summed E-state index contributed by atoms with van der Waals surface area (Å²) in [5.74, 6) is 1.77. The molecule has 0 aliphatic carbocycles. The second-order valence-electron chi connectivity index (χ2n) is 11.5. The van der Waals surface area contributed by atoms with Gasteiger partial charge in [-0.3, -0.25) is 9.69 Å². The van der Waals surface area contributed by atoms with Crippen molar-refractivity contribution in [3.8, 4) is 17.4 Å². The second-order valence-corrected chi connectivity index (χ2v) is 11.5. The Morgan fingerprint density at radius 2 is 1.86 bits per heavy atom. The average molecular weight is 588 g/mol. The molecule has 1 aliphatic heterocycles. The second kappa shape index (κ2) is 12.9. The Morgan fingerprint density at radius 1 is 1.09 bits per heavy atom. The van der Waals surface area contributed by atoms with E-state index in [0.717, 1.165) is 61.5 Å². The van der Waals surface area contributed by atoms with E-state index in [1.807, 2.05) is 41.9 Å². The number of ether oxygens (including phenoxy) is 3. The predicted octanol–water partition coefficient (Wildman–Crippen LogP) is 5.10. The third-order valence-corrected chi connectivity index (χ3v) is 7.57. The molecule has 228 valence electrons. The Bertz CT molecular complexity index is 1590. The van der Waals surface area contributed by atoms with Gasteiger partial charge in [0.1, 0.15) is 5.69 Å². The van der Waals surface area contributed by atoms with Gasteiger partial charge < -0.3 is 34.7 Å². The smallest absolute Gasteiger partial charge is 0.272 e. The number of benzene rings is 2. The number of morpholine rings is 1. The topological polar surface area (TPSA) is 115 Å². The monoisotopic (exact) mass is 587 g/mol. The Balaban J connectivity index is 1.43. The first kappa shape index (κ1) is 30.1. The van der Waals surface area contributed by atoms with E-state index in [-0.39, 0.29) is 11.3 Å². The summed E-state index contributed by atoms with van der Waals surface area (Å²) in [7, 11) is 5.23. The van der Waals surface area contributed by atoms with Crippen molar-refractivity contribution in [3.05, 3.63) is 59.9 Å². The molecular weight excluding hydrogens is 546 g/mol. The van der Waals surface area contributed by atoms with Crippen LogP contribution in [-0.4, -0.2) is 78.9 Å². The van der Waals surface area contributed by atoms with Crippen molar-refractivity contribution in [1.29, 1.82) is 0 Å². The number of anilines is 3. The van der Waals surface area contributed by atoms with Gasteiger partial charge in [-0.15, -0.1) is 0 Å². The molecule has 2 aromatic carbocycles. The first-order chi connectivity index (χ1) is 20.7. The number of para-hydroxylation sites is 1. The molecule has 3 N–H and O–H groups in total. The van der Waals surface area contributed by atoms with Gasteiger partial charge in [0, 0.05) is 57.9 Å². The van der Waals surface area contributed by atoms with Gasteiger partial charge >= 0.3 is 0 Å². The third kappa shape index (κ3) is 6.84. The Morgan fingerprint density at radius 3 is 2.58 bits per heavy atom. The number of hydrogen-bond donors (Lipinski definition) is 3. The van der Waals surface area contributed by atoms with Crippen LogP contribution in [0.2, 0.25) is 0 Å². The number of methoxy groups -OCH3 is 1. The average Bonchev–Trinajstić information content (AvgIpc) is 3.34. The molecule has 11 nitrogen and oxygen atoms in total. The fourth-order valence-corrected chi connectivity index (χ4v) is 5.18. The van der Waals surface area contributed by atoms with E-state index in [4.69, 9.17) is 14.2 Å². The number of nitrogens with one attached hydrogen (secondary N) is 3. The predicted molar refractivity (Wildman–Crippen MR) is 170 cm³/mol. The zero-order valence-corrected chi connectivity index (χ0v) is 25.8. The van der Waals surface area contributed by atoms with E-state index in [1.54, 1.807) is 26.4 Å². The normalized spacial score (nSPS) is 14.0. The maximum absolute atomic E-state index is 13.8. The largest absolute Gasteiger partial charge is 0.492 e. The summed E-state index contributed by atoms with van der Waals surface area (Å²) in [4.78, 5) is 24.7. The maximum atomic E-state index is 13.8. The van der Waals surface area contributed by atoms with E-state index >= 15 is 0 Å². The number of rotatable bonds is 10. The summed E-state index contributed by atoms with van der Waals surface area (Å²) < 4.78 is 19.3. The van der Waals surface area contributed by atoms with E-state index in [9.17, 15) is 4.79 Å². The summed E-state index contributed by atoms with van der Waals surface area (Å²) in [6.07, 6.45) is 1.63. The molecule has 1 amide bonds. The van der Waals surface area contributed by atoms with E-state index in [2.05, 4.69) is 57.7 Å². The molecule has 0 atom stereocenters. The molecule has 43 heavy (non-hydrogen) atoms. The van der Waals surface area contributed by atoms with E-state index in [0.29, 0.717) is 34.7 Å². The van der Waals surface area contributed by atoms with E-state index in [1.165, 1.54) is 0 Å². The molecule has 0 bridgehead atoms. The molecule has 0 radical (unpaired) electrons. The standard InChI is InChI=1S/C32H41N7O4/c1-32(2,3)22-19-23(34-12-13-39-14-16-42-17-15-39)29(41-6)24(20-22)36-30(40)25-18-21-8-7-9-26(28(21)38(25)5)43-27-10-11-35-31(33-4)37-27/h7-11,18-20,34H,12-17H2,1-6H3,(H,36,40)(H,33,35,37). The molecular formula is C32H41N7O4. The number of hydrogen-bond acceptors (Lipinski definition) is 9. The zero-order valence-electron chi connectivity index (χ0n) is 25.8. The number of fused-ring (bicyclic) bond motifs is 1. The first-order valence-electron chi connectivity index (χ1n) is 14.5. The van der Waals surface area contributed by atoms with Gasteiger partial charge in [-0.25, -0.2) is 4.98 Å². The lowest BCUT2D eigenvalue weighted by atomic mass is 9.86. The van der Waals surface area contributed by atoms with Crippen molar-refractivity contribution in [2.45, 2.75) is 26.2 Å². The molecule has 1 aliphatic rings. The molecule has 0 unspecified atom stereocenters. The van der Waals surface area contributed by atoms with Gasteiger partial charge in [-0.1, -0.05) is 32.9 Å². The molecule has 1 saturated heterocycles. The molecule has 0 saturated carbocycles. The maximum Gasteiger partial charge on any atom is 0.272 e. The Hall–Kier alpha value is -4.35. The van der Waals surface area contributed by atoms with Crippen LogP contribution in [0.25, 0.3) is 10.9 Å². The van der Waals surface area contributed by atoms with Crippen LogP contribution >= 0.6 is 0 Å². The highest BCUT2D eigenvalue weighted by Gasteiger charge is 2.23. The third-order valence-electron chi connectivity index (χ3n) is 7.57. The highest BCUT2D eigenvalue weighted by Crippen LogP contribution is 2.39. The van der Waals surface area contributed by atoms with Gasteiger partial charge in [0.2, 0.25) is 11.8 Å². The molecule has 5 rings (SSSR count). The van der Waals surface area contributed by atoms with Crippen LogP contribution in [0, 0.1) is 0 Å². The summed E-state index contributed by atoms with van der Waals surface area (Å²) in [5, 5.41) is 10.5. The molecule has 2 aromatic heterocycles. The zero-order chi connectivity index (χ0) is 30.6. The highest BCUT2D eigenvalue weighted by atomic mass is 16.5. The van der Waals surface area contributed by atoms with Gasteiger partial charge in [-0.2, -0.15) is 4.98 Å². The number of nitrogens with zero attached hydrogens (tertiary/aromatic N) is 4. The number of amides is 1. The summed E-state index contributed by atoms with van der Waals surface area (Å²) >= 11 is 0. The molecule has 11 heteroatoms. The van der Waals surface area contributed by atoms with Crippen LogP contribution < -0.4 is 25.4 Å². The summed E-state index contributed by atoms with van der Waals surface area (Å²) in [6.45, 7) is 11.5. The Labute approximate surface area is 252 Å². The first-order valence-corrected chi connectivity index (χ1v) is 14.5. The number of aryl methyl sites for hydroxylation is 1. The lowest BCUT2D eigenvalue weighted by molar-refractivity contribution is 0.0398. The van der Waals surface area contributed by atoms with Crippen molar-refractivity contribution in [2.75, 3.05) is 69.5 Å². The summed E-state index contributed by atoms with van der Waals surface area (Å²) in [6, 6.07) is 13.4. The number of carbonyl (C=O) groups is 1. The van der Waals surface area contributed by atoms with Crippen molar-refractivity contribution in [1.82, 2.24) is 19.4 Å². The number of aromatic nitrogens is 3. The quantitative estimate of drug-likeness (QED) is 0.233. The van der Waals surface area contributed by atoms with Crippen molar-refractivity contribution >= 4 is 34.1 Å². The molecule has 4 aromatic rings. The van der Waals surface area contributed by atoms with Crippen molar-refractivity contribution in [3.63, 3.8) is 0 Å². The Kier molecular flexibility index (Phi) is 9.02. The van der Waals surface area contributed by atoms with Crippen molar-refractivity contribution < 1.29 is 19.0 Å². The highest BCUT2D eigenvalue weighted by molar-refractivity contribution is 6.08. The van der Waals surface area contributed by atoms with Crippen LogP contribution in [0.15, 0.2) is 48.7 Å². The van der Waals surface area contributed by atoms with Crippen LogP contribution in [-0.2, 0) is 17.2 Å². The van der Waals surface area contributed by atoms with Gasteiger partial charge in [0.15, 0.2) is 11.5 Å². The lowest BCUT2D eigenvalue weighted by Gasteiger charge is -2.27. The van der Waals surface area contributed by atoms with Crippen LogP contribution in [0.3, 0.4) is 0 Å². The lowest BCUT2D eigenvalue weighted by Crippen LogP contribution is -2.39. The fraction of sp³-hybridized carbons (Fsp3) is 0.406. The van der Waals surface area contributed by atoms with Crippen LogP contribution in [0.1, 0.15) is 36.8 Å². The van der Waals surface area contributed by atoms with Gasteiger partial charge in [0.05, 0.1) is 37.2 Å². The molecule has 3 heterocycles. The van der Waals surface area contributed by atoms with Crippen molar-refractivity contribution in [2.24, 2.45) is 7.05 Å². The fourth-order valence-electron chi connectivity index (χ4n) is 5.18. The van der Waals surface area contributed by atoms with Gasteiger partial charge in [0.25, 0.3) is 5.91 Å². The molecule has 1 fully saturated rings. The van der Waals surface area contributed by atoms with Gasteiger partial charge in [-0.05, 0) is 35.2 Å². The minimum absolute atomic E-state index is 0.146. The van der Waals surface area contributed by atoms with Crippen LogP contribution in [0.4, 0.5) is 17.3 Å². The van der Waals surface area contributed by atoms with E-state index < -0.39 is 0 Å². The minimum Gasteiger partial charge on any atom is -0.492 e. The van der Waals surface area contributed by atoms with Crippen LogP contribution in [0.5, 0.6) is 17.4 Å². The summed E-state index contributed by atoms with van der Waals surface area (Å²) in [5.41, 5.74) is 3.64.